The molecule has 0 atom stereocenters. The van der Waals surface area contributed by atoms with E-state index in [1.165, 1.54) is 93.2 Å². The molecule has 1 heterocycles. The minimum atomic E-state index is 1.10. The first-order chi connectivity index (χ1) is 30.7. The molecule has 0 aliphatic heterocycles. The minimum absolute atomic E-state index is 1.10. The van der Waals surface area contributed by atoms with E-state index in [0.29, 0.717) is 0 Å². The van der Waals surface area contributed by atoms with Crippen molar-refractivity contribution >= 4 is 71.2 Å². The van der Waals surface area contributed by atoms with Gasteiger partial charge in [0.1, 0.15) is 0 Å². The molecule has 2 nitrogen and oxygen atoms in total. The van der Waals surface area contributed by atoms with Crippen molar-refractivity contribution in [3.63, 3.8) is 0 Å². The molecule has 2 heteroatoms. The highest BCUT2D eigenvalue weighted by Crippen LogP contribution is 2.40. The van der Waals surface area contributed by atoms with Crippen molar-refractivity contribution in [2.45, 2.75) is 0 Å². The van der Waals surface area contributed by atoms with E-state index in [1.807, 2.05) is 0 Å². The number of rotatable bonds is 7. The standard InChI is InChI=1S/C60H40N2/c1-4-12-47-37-50(19-17-41(47)9-1)44-21-29-53(30-22-44)61(54-31-23-45(24-32-54)51-20-18-42-10-2-5-13-48(42)38-51)55-33-25-46(26-34-55)52-28-36-60-58(40-52)57-15-7-8-16-59(57)62(60)56-35-27-43-11-3-6-14-49(43)39-56/h1-40H. The zero-order valence-corrected chi connectivity index (χ0v) is 34.0. The maximum absolute atomic E-state index is 2.40. The van der Waals surface area contributed by atoms with E-state index in [9.17, 15) is 0 Å². The van der Waals surface area contributed by atoms with Crippen LogP contribution in [0.3, 0.4) is 0 Å². The first-order valence-electron chi connectivity index (χ1n) is 21.3. The summed E-state index contributed by atoms with van der Waals surface area (Å²) in [4.78, 5) is 2.36. The third-order valence-corrected chi connectivity index (χ3v) is 12.5. The van der Waals surface area contributed by atoms with Crippen LogP contribution in [0.5, 0.6) is 0 Å². The highest BCUT2D eigenvalue weighted by Gasteiger charge is 2.16. The molecule has 0 amide bonds. The Bertz CT molecular complexity index is 3490. The molecule has 0 aliphatic rings. The van der Waals surface area contributed by atoms with Crippen molar-refractivity contribution < 1.29 is 0 Å². The van der Waals surface area contributed by atoms with Crippen LogP contribution in [0, 0.1) is 0 Å². The number of para-hydroxylation sites is 1. The number of benzene rings is 11. The summed E-state index contributed by atoms with van der Waals surface area (Å²) in [6.45, 7) is 0. The molecule has 0 saturated heterocycles. The molecule has 0 unspecified atom stereocenters. The van der Waals surface area contributed by atoms with Gasteiger partial charge >= 0.3 is 0 Å². The molecule has 0 radical (unpaired) electrons. The Labute approximate surface area is 360 Å². The van der Waals surface area contributed by atoms with Crippen LogP contribution in [0.1, 0.15) is 0 Å². The SMILES string of the molecule is c1ccc2cc(-c3ccc(N(c4ccc(-c5ccc6ccccc6c5)cc4)c4ccc(-c5ccc6c(c5)c5ccccc5n6-c5ccc6ccccc6c5)cc4)cc3)ccc2c1. The van der Waals surface area contributed by atoms with E-state index >= 15 is 0 Å². The maximum Gasteiger partial charge on any atom is 0.0541 e. The van der Waals surface area contributed by atoms with Crippen LogP contribution in [0.15, 0.2) is 243 Å². The van der Waals surface area contributed by atoms with Gasteiger partial charge in [-0.2, -0.15) is 0 Å². The predicted octanol–water partition coefficient (Wildman–Crippen LogP) is 16.7. The Balaban J connectivity index is 0.918. The summed E-state index contributed by atoms with van der Waals surface area (Å²) >= 11 is 0. The zero-order chi connectivity index (χ0) is 41.0. The lowest BCUT2D eigenvalue weighted by Gasteiger charge is -2.26. The smallest absolute Gasteiger partial charge is 0.0541 e. The Morgan fingerprint density at radius 3 is 1.13 bits per heavy atom. The van der Waals surface area contributed by atoms with E-state index in [1.54, 1.807) is 0 Å². The van der Waals surface area contributed by atoms with E-state index in [0.717, 1.165) is 17.1 Å². The summed E-state index contributed by atoms with van der Waals surface area (Å²) in [6, 6.07) is 88.5. The van der Waals surface area contributed by atoms with Gasteiger partial charge in [-0.15, -0.1) is 0 Å². The first kappa shape index (κ1) is 35.7. The molecule has 0 fully saturated rings. The van der Waals surface area contributed by atoms with Crippen molar-refractivity contribution in [2.24, 2.45) is 0 Å². The Hall–Kier alpha value is -8.20. The number of hydrogen-bond acceptors (Lipinski definition) is 1. The fraction of sp³-hybridized carbons (Fsp3) is 0. The van der Waals surface area contributed by atoms with E-state index < -0.39 is 0 Å². The lowest BCUT2D eigenvalue weighted by Crippen LogP contribution is -2.09. The third kappa shape index (κ3) is 6.29. The molecular weight excluding hydrogens is 749 g/mol. The van der Waals surface area contributed by atoms with Gasteiger partial charge in [0.05, 0.1) is 11.0 Å². The molecule has 0 spiro atoms. The number of aromatic nitrogens is 1. The second-order valence-corrected chi connectivity index (χ2v) is 16.2. The van der Waals surface area contributed by atoms with Crippen LogP contribution in [0.4, 0.5) is 17.1 Å². The Kier molecular flexibility index (Phi) is 8.53. The Morgan fingerprint density at radius 1 is 0.242 bits per heavy atom. The largest absolute Gasteiger partial charge is 0.311 e. The van der Waals surface area contributed by atoms with Crippen LogP contribution in [-0.2, 0) is 0 Å². The third-order valence-electron chi connectivity index (χ3n) is 12.5. The molecule has 1 aromatic heterocycles. The summed E-state index contributed by atoms with van der Waals surface area (Å²) < 4.78 is 2.40. The highest BCUT2D eigenvalue weighted by atomic mass is 15.1. The molecule has 12 aromatic rings. The predicted molar refractivity (Wildman–Crippen MR) is 264 cm³/mol. The van der Waals surface area contributed by atoms with Crippen molar-refractivity contribution in [1.29, 1.82) is 0 Å². The summed E-state index contributed by atoms with van der Waals surface area (Å²) in [5, 5.41) is 9.98. The quantitative estimate of drug-likeness (QED) is 0.156. The van der Waals surface area contributed by atoms with Crippen LogP contribution >= 0.6 is 0 Å². The minimum Gasteiger partial charge on any atom is -0.311 e. The van der Waals surface area contributed by atoms with Crippen LogP contribution < -0.4 is 4.90 Å². The molecule has 11 aromatic carbocycles. The molecule has 0 N–H and O–H groups in total. The fourth-order valence-corrected chi connectivity index (χ4v) is 9.34. The van der Waals surface area contributed by atoms with Crippen LogP contribution in [0.25, 0.3) is 93.2 Å². The van der Waals surface area contributed by atoms with E-state index in [2.05, 4.69) is 252 Å². The first-order valence-corrected chi connectivity index (χ1v) is 21.3. The fourth-order valence-electron chi connectivity index (χ4n) is 9.34. The van der Waals surface area contributed by atoms with Gasteiger partial charge in [-0.3, -0.25) is 0 Å². The van der Waals surface area contributed by atoms with Crippen LogP contribution in [0.2, 0.25) is 0 Å². The van der Waals surface area contributed by atoms with E-state index in [4.69, 9.17) is 0 Å². The molecule has 0 bridgehead atoms. The topological polar surface area (TPSA) is 8.17 Å². The van der Waals surface area contributed by atoms with Gasteiger partial charge in [0.15, 0.2) is 0 Å². The molecule has 12 rings (SSSR count). The number of anilines is 3. The van der Waals surface area contributed by atoms with Crippen molar-refractivity contribution in [3.8, 4) is 39.1 Å². The number of fused-ring (bicyclic) bond motifs is 6. The van der Waals surface area contributed by atoms with Crippen molar-refractivity contribution in [1.82, 2.24) is 4.57 Å². The lowest BCUT2D eigenvalue weighted by atomic mass is 9.99. The van der Waals surface area contributed by atoms with Gasteiger partial charge in [-0.05, 0) is 145 Å². The summed E-state index contributed by atoms with van der Waals surface area (Å²) in [5.41, 5.74) is 14.1. The van der Waals surface area contributed by atoms with Gasteiger partial charge in [0, 0.05) is 33.5 Å². The summed E-state index contributed by atoms with van der Waals surface area (Å²) in [6.07, 6.45) is 0. The van der Waals surface area contributed by atoms with E-state index in [-0.39, 0.29) is 0 Å². The van der Waals surface area contributed by atoms with Gasteiger partial charge in [0.25, 0.3) is 0 Å². The number of hydrogen-bond donors (Lipinski definition) is 0. The average Bonchev–Trinajstić information content (AvgIpc) is 3.68. The van der Waals surface area contributed by atoms with Crippen molar-refractivity contribution in [3.05, 3.63) is 243 Å². The molecule has 0 saturated carbocycles. The second kappa shape index (κ2) is 14.8. The molecule has 62 heavy (non-hydrogen) atoms. The summed E-state index contributed by atoms with van der Waals surface area (Å²) in [7, 11) is 0. The monoisotopic (exact) mass is 788 g/mol. The zero-order valence-electron chi connectivity index (χ0n) is 34.0. The molecule has 0 aliphatic carbocycles. The molecule has 290 valence electrons. The normalized spacial score (nSPS) is 11.5. The van der Waals surface area contributed by atoms with Gasteiger partial charge in [0.2, 0.25) is 0 Å². The van der Waals surface area contributed by atoms with Crippen molar-refractivity contribution in [2.75, 3.05) is 4.90 Å². The maximum atomic E-state index is 2.40. The lowest BCUT2D eigenvalue weighted by molar-refractivity contribution is 1.19. The summed E-state index contributed by atoms with van der Waals surface area (Å²) in [5.74, 6) is 0. The van der Waals surface area contributed by atoms with Gasteiger partial charge in [-0.1, -0.05) is 164 Å². The van der Waals surface area contributed by atoms with Crippen LogP contribution in [-0.4, -0.2) is 4.57 Å². The Morgan fingerprint density at radius 2 is 0.613 bits per heavy atom. The van der Waals surface area contributed by atoms with Gasteiger partial charge in [-0.25, -0.2) is 0 Å². The highest BCUT2D eigenvalue weighted by molar-refractivity contribution is 6.10. The van der Waals surface area contributed by atoms with Gasteiger partial charge < -0.3 is 9.47 Å². The molecular formula is C60H40N2. The average molecular weight is 789 g/mol. The second-order valence-electron chi connectivity index (χ2n) is 16.2. The number of nitrogens with zero attached hydrogens (tertiary/aromatic N) is 2.